The zero-order valence-corrected chi connectivity index (χ0v) is 35.0. The van der Waals surface area contributed by atoms with Crippen LogP contribution in [0.4, 0.5) is 0 Å². The Morgan fingerprint density at radius 1 is 0.345 bits per heavy atom. The summed E-state index contributed by atoms with van der Waals surface area (Å²) in [5, 5.41) is 5.93. The lowest BCUT2D eigenvalue weighted by Gasteiger charge is -2.15. The normalized spacial score (nSPS) is 12.2. The number of fused-ring (bicyclic) bond motifs is 6. The van der Waals surface area contributed by atoms with E-state index in [9.17, 15) is 9.13 Å². The minimum Gasteiger partial charge on any atom is -0.319 e. The van der Waals surface area contributed by atoms with Crippen LogP contribution in [0.5, 0.6) is 0 Å². The van der Waals surface area contributed by atoms with Crippen molar-refractivity contribution in [3.05, 3.63) is 146 Å². The number of rotatable bonds is 10. The van der Waals surface area contributed by atoms with E-state index in [-0.39, 0.29) is 0 Å². The van der Waals surface area contributed by atoms with Gasteiger partial charge in [0.15, 0.2) is 0 Å². The molecule has 6 nitrogen and oxygen atoms in total. The van der Waals surface area contributed by atoms with Gasteiger partial charge in [0.05, 0.1) is 44.8 Å². The van der Waals surface area contributed by atoms with Crippen LogP contribution >= 0.6 is 14.3 Å². The summed E-state index contributed by atoms with van der Waals surface area (Å²) in [6, 6.07) is 49.6. The largest absolute Gasteiger partial charge is 0.319 e. The number of pyridine rings is 4. The van der Waals surface area contributed by atoms with Gasteiger partial charge >= 0.3 is 0 Å². The molecule has 8 heteroatoms. The van der Waals surface area contributed by atoms with Gasteiger partial charge in [0.2, 0.25) is 0 Å². The maximum absolute atomic E-state index is 13.3. The van der Waals surface area contributed by atoms with E-state index >= 15 is 0 Å². The lowest BCUT2D eigenvalue weighted by atomic mass is 10.0. The Labute approximate surface area is 339 Å². The quantitative estimate of drug-likeness (QED) is 0.101. The Bertz CT molecular complexity index is 2900. The molecule has 5 aromatic carbocycles. The second-order valence-corrected chi connectivity index (χ2v) is 22.0. The highest BCUT2D eigenvalue weighted by Gasteiger charge is 2.21. The summed E-state index contributed by atoms with van der Waals surface area (Å²) in [5.41, 5.74) is 10.7. The van der Waals surface area contributed by atoms with Gasteiger partial charge in [0, 0.05) is 79.1 Å². The van der Waals surface area contributed by atoms with Gasteiger partial charge in [0.1, 0.15) is 14.3 Å². The van der Waals surface area contributed by atoms with Gasteiger partial charge in [0.25, 0.3) is 0 Å². The molecule has 0 saturated heterocycles. The van der Waals surface area contributed by atoms with E-state index in [1.54, 1.807) is 0 Å². The summed E-state index contributed by atoms with van der Waals surface area (Å²) in [5.74, 6) is 0. The molecule has 9 aromatic rings. The Balaban J connectivity index is 1.07. The average Bonchev–Trinajstić information content (AvgIpc) is 3.30. The topological polar surface area (TPSA) is 85.7 Å². The summed E-state index contributed by atoms with van der Waals surface area (Å²) in [4.78, 5) is 20.7. The van der Waals surface area contributed by atoms with Crippen LogP contribution in [0.1, 0.15) is 27.7 Å². The predicted octanol–water partition coefficient (Wildman–Crippen LogP) is 12.6. The van der Waals surface area contributed by atoms with Crippen molar-refractivity contribution < 1.29 is 9.13 Å². The third kappa shape index (κ3) is 6.75. The van der Waals surface area contributed by atoms with Crippen molar-refractivity contribution in [1.29, 1.82) is 0 Å². The van der Waals surface area contributed by atoms with Crippen LogP contribution in [0.3, 0.4) is 0 Å². The first kappa shape index (κ1) is 37.8. The molecule has 0 fully saturated rings. The van der Waals surface area contributed by atoms with Crippen molar-refractivity contribution in [1.82, 2.24) is 19.9 Å². The van der Waals surface area contributed by atoms with E-state index in [1.807, 2.05) is 88.4 Å². The number of aromatic nitrogens is 4. The standard InChI is InChI=1S/C50H44N4O2P2/c1-5-57(55,6-2)41-24-16-33(17-25-41)43-28-20-35-12-14-37-22-30-45(53-49(37)47(35)51-43)39-10-9-11-40(32-39)46-31-23-38-15-13-36-21-29-44(52-48(36)50(38)54-46)34-18-26-42(27-19-34)58(56,7-3)8-4/h9-32H,5-8H2,1-4H3. The first-order chi connectivity index (χ1) is 28.2. The minimum absolute atomic E-state index is 0.663. The van der Waals surface area contributed by atoms with Gasteiger partial charge in [-0.1, -0.05) is 143 Å². The van der Waals surface area contributed by atoms with Crippen LogP contribution < -0.4 is 10.6 Å². The highest BCUT2D eigenvalue weighted by molar-refractivity contribution is 7.71. The zero-order valence-electron chi connectivity index (χ0n) is 33.2. The summed E-state index contributed by atoms with van der Waals surface area (Å²) in [6.45, 7) is 8.01. The van der Waals surface area contributed by atoms with E-state index in [0.717, 1.165) is 99.3 Å². The van der Waals surface area contributed by atoms with E-state index < -0.39 is 14.3 Å². The molecule has 0 radical (unpaired) electrons. The van der Waals surface area contributed by atoms with E-state index in [1.165, 1.54) is 0 Å². The average molecular weight is 795 g/mol. The Kier molecular flexibility index (Phi) is 9.88. The summed E-state index contributed by atoms with van der Waals surface area (Å²) < 4.78 is 26.7. The molecule has 0 N–H and O–H groups in total. The van der Waals surface area contributed by atoms with E-state index in [0.29, 0.717) is 24.6 Å². The summed E-state index contributed by atoms with van der Waals surface area (Å²) in [6.07, 6.45) is 2.65. The van der Waals surface area contributed by atoms with Crippen molar-refractivity contribution in [2.75, 3.05) is 24.6 Å². The maximum atomic E-state index is 13.3. The lowest BCUT2D eigenvalue weighted by Crippen LogP contribution is -2.08. The molecular formula is C50H44N4O2P2. The monoisotopic (exact) mass is 794 g/mol. The molecule has 286 valence electrons. The fourth-order valence-electron chi connectivity index (χ4n) is 8.00. The number of hydrogen-bond acceptors (Lipinski definition) is 6. The minimum atomic E-state index is -2.36. The molecule has 0 atom stereocenters. The van der Waals surface area contributed by atoms with Crippen LogP contribution in [-0.2, 0) is 9.13 Å². The third-order valence-electron chi connectivity index (χ3n) is 11.8. The van der Waals surface area contributed by atoms with Gasteiger partial charge in [-0.3, -0.25) is 0 Å². The van der Waals surface area contributed by atoms with Crippen LogP contribution in [0.25, 0.3) is 88.6 Å². The first-order valence-corrected chi connectivity index (χ1v) is 24.3. The van der Waals surface area contributed by atoms with Crippen LogP contribution in [0.15, 0.2) is 146 Å². The fraction of sp³-hybridized carbons (Fsp3) is 0.160. The van der Waals surface area contributed by atoms with Gasteiger partial charge in [-0.05, 0) is 30.3 Å². The third-order valence-corrected chi connectivity index (χ3v) is 18.4. The molecule has 0 aliphatic rings. The van der Waals surface area contributed by atoms with E-state index in [2.05, 4.69) is 84.9 Å². The molecule has 0 spiro atoms. The molecule has 4 aromatic heterocycles. The second-order valence-electron chi connectivity index (χ2n) is 14.9. The smallest absolute Gasteiger partial charge is 0.115 e. The number of benzene rings is 5. The first-order valence-electron chi connectivity index (χ1n) is 20.1. The highest BCUT2D eigenvalue weighted by Crippen LogP contribution is 2.44. The molecule has 0 unspecified atom stereocenters. The summed E-state index contributed by atoms with van der Waals surface area (Å²) >= 11 is 0. The van der Waals surface area contributed by atoms with Crippen LogP contribution in [-0.4, -0.2) is 44.6 Å². The highest BCUT2D eigenvalue weighted by atomic mass is 31.2. The van der Waals surface area contributed by atoms with Crippen molar-refractivity contribution in [2.45, 2.75) is 27.7 Å². The predicted molar refractivity (Wildman–Crippen MR) is 246 cm³/mol. The molecule has 0 aliphatic carbocycles. The summed E-state index contributed by atoms with van der Waals surface area (Å²) in [7, 11) is -4.72. The van der Waals surface area contributed by atoms with E-state index in [4.69, 9.17) is 19.9 Å². The molecule has 0 aliphatic heterocycles. The molecule has 9 rings (SSSR count). The SMILES string of the molecule is CCP(=O)(CC)c1ccc(-c2ccc3ccc4ccc(-c5cccc(-c6ccc7ccc8ccc(-c9ccc(P(=O)(CC)CC)cc9)nc8c7n6)c5)nc4c3n2)cc1. The van der Waals surface area contributed by atoms with Gasteiger partial charge in [-0.2, -0.15) is 0 Å². The Morgan fingerprint density at radius 2 is 0.621 bits per heavy atom. The Hall–Kier alpha value is -5.80. The van der Waals surface area contributed by atoms with Crippen molar-refractivity contribution in [3.8, 4) is 45.0 Å². The van der Waals surface area contributed by atoms with Gasteiger partial charge in [-0.25, -0.2) is 19.9 Å². The second kappa shape index (κ2) is 15.2. The molecule has 0 bridgehead atoms. The maximum Gasteiger partial charge on any atom is 0.115 e. The van der Waals surface area contributed by atoms with Crippen molar-refractivity contribution in [3.63, 3.8) is 0 Å². The van der Waals surface area contributed by atoms with Crippen LogP contribution in [0, 0.1) is 0 Å². The van der Waals surface area contributed by atoms with Crippen LogP contribution in [0.2, 0.25) is 0 Å². The molecule has 0 saturated carbocycles. The van der Waals surface area contributed by atoms with Crippen molar-refractivity contribution >= 4 is 68.5 Å². The fourth-order valence-corrected chi connectivity index (χ4v) is 11.7. The molecule has 58 heavy (non-hydrogen) atoms. The van der Waals surface area contributed by atoms with Gasteiger partial charge < -0.3 is 9.13 Å². The lowest BCUT2D eigenvalue weighted by molar-refractivity contribution is 0.581. The van der Waals surface area contributed by atoms with Gasteiger partial charge in [-0.15, -0.1) is 0 Å². The number of nitrogens with zero attached hydrogens (tertiary/aromatic N) is 4. The van der Waals surface area contributed by atoms with Crippen molar-refractivity contribution in [2.24, 2.45) is 0 Å². The molecular weight excluding hydrogens is 751 g/mol. The zero-order chi connectivity index (χ0) is 40.0. The molecule has 4 heterocycles. The number of hydrogen-bond donors (Lipinski definition) is 0. The molecule has 0 amide bonds. The Morgan fingerprint density at radius 3 is 0.914 bits per heavy atom.